The maximum Gasteiger partial charge on any atom is 0.335 e. The van der Waals surface area contributed by atoms with E-state index in [0.29, 0.717) is 5.69 Å². The van der Waals surface area contributed by atoms with Crippen LogP contribution in [0.1, 0.15) is 30.6 Å². The Morgan fingerprint density at radius 1 is 1.28 bits per heavy atom. The maximum absolute atomic E-state index is 11.9. The van der Waals surface area contributed by atoms with E-state index >= 15 is 0 Å². The SMILES string of the molecule is CN(C(=O)CC(C)(C)N)c1ccc(C(=O)O)cc1. The van der Waals surface area contributed by atoms with Gasteiger partial charge in [0.1, 0.15) is 0 Å². The van der Waals surface area contributed by atoms with Crippen molar-refractivity contribution in [2.24, 2.45) is 5.73 Å². The van der Waals surface area contributed by atoms with Crippen LogP contribution >= 0.6 is 0 Å². The minimum absolute atomic E-state index is 0.106. The minimum Gasteiger partial charge on any atom is -0.478 e. The molecule has 1 amide bonds. The second-order valence-electron chi connectivity index (χ2n) is 4.97. The number of benzene rings is 1. The van der Waals surface area contributed by atoms with Gasteiger partial charge in [0.25, 0.3) is 0 Å². The number of carboxylic acid groups (broad SMARTS) is 1. The number of carboxylic acids is 1. The van der Waals surface area contributed by atoms with Crippen molar-refractivity contribution in [2.45, 2.75) is 25.8 Å². The monoisotopic (exact) mass is 250 g/mol. The van der Waals surface area contributed by atoms with Crippen LogP contribution in [0, 0.1) is 0 Å². The maximum atomic E-state index is 11.9. The third-order valence-electron chi connectivity index (χ3n) is 2.48. The van der Waals surface area contributed by atoms with Crippen molar-refractivity contribution >= 4 is 17.6 Å². The Balaban J connectivity index is 2.81. The molecule has 0 saturated heterocycles. The van der Waals surface area contributed by atoms with Gasteiger partial charge in [0.15, 0.2) is 0 Å². The zero-order chi connectivity index (χ0) is 13.9. The van der Waals surface area contributed by atoms with Gasteiger partial charge in [-0.25, -0.2) is 4.79 Å². The van der Waals surface area contributed by atoms with E-state index in [1.54, 1.807) is 33.0 Å². The number of rotatable bonds is 4. The lowest BCUT2D eigenvalue weighted by atomic mass is 10.0. The van der Waals surface area contributed by atoms with Crippen molar-refractivity contribution in [3.63, 3.8) is 0 Å². The summed E-state index contributed by atoms with van der Waals surface area (Å²) >= 11 is 0. The fraction of sp³-hybridized carbons (Fsp3) is 0.385. The van der Waals surface area contributed by atoms with Gasteiger partial charge in [-0.1, -0.05) is 0 Å². The lowest BCUT2D eigenvalue weighted by molar-refractivity contribution is -0.119. The molecule has 0 saturated carbocycles. The Morgan fingerprint density at radius 3 is 2.17 bits per heavy atom. The quantitative estimate of drug-likeness (QED) is 0.847. The molecule has 0 unspecified atom stereocenters. The Bertz CT molecular complexity index is 446. The fourth-order valence-electron chi connectivity index (χ4n) is 1.48. The molecule has 0 heterocycles. The van der Waals surface area contributed by atoms with Gasteiger partial charge in [-0.05, 0) is 38.1 Å². The van der Waals surface area contributed by atoms with Crippen molar-refractivity contribution in [2.75, 3.05) is 11.9 Å². The van der Waals surface area contributed by atoms with Gasteiger partial charge >= 0.3 is 5.97 Å². The number of carbonyl (C=O) groups is 2. The molecule has 18 heavy (non-hydrogen) atoms. The van der Waals surface area contributed by atoms with E-state index in [1.165, 1.54) is 17.0 Å². The molecule has 98 valence electrons. The van der Waals surface area contributed by atoms with Crippen LogP contribution in [0.25, 0.3) is 0 Å². The second kappa shape index (κ2) is 5.18. The first-order valence-electron chi connectivity index (χ1n) is 5.59. The Labute approximate surface area is 106 Å². The topological polar surface area (TPSA) is 83.6 Å². The number of hydrogen-bond donors (Lipinski definition) is 2. The van der Waals surface area contributed by atoms with E-state index in [9.17, 15) is 9.59 Å². The molecule has 3 N–H and O–H groups in total. The molecule has 0 atom stereocenters. The average Bonchev–Trinajstić information content (AvgIpc) is 2.26. The number of nitrogens with zero attached hydrogens (tertiary/aromatic N) is 1. The van der Waals surface area contributed by atoms with Crippen LogP contribution in [0.3, 0.4) is 0 Å². The molecule has 1 rings (SSSR count). The van der Waals surface area contributed by atoms with Gasteiger partial charge in [0.05, 0.1) is 5.56 Å². The number of nitrogens with two attached hydrogens (primary N) is 1. The van der Waals surface area contributed by atoms with Gasteiger partial charge in [-0.3, -0.25) is 4.79 Å². The van der Waals surface area contributed by atoms with Crippen molar-refractivity contribution in [3.8, 4) is 0 Å². The van der Waals surface area contributed by atoms with Crippen molar-refractivity contribution < 1.29 is 14.7 Å². The predicted octanol–water partition coefficient (Wildman–Crippen LogP) is 1.47. The molecule has 0 aliphatic heterocycles. The summed E-state index contributed by atoms with van der Waals surface area (Å²) in [5.41, 5.74) is 6.07. The van der Waals surface area contributed by atoms with E-state index in [1.807, 2.05) is 0 Å². The van der Waals surface area contributed by atoms with Crippen molar-refractivity contribution in [3.05, 3.63) is 29.8 Å². The largest absolute Gasteiger partial charge is 0.478 e. The fourth-order valence-corrected chi connectivity index (χ4v) is 1.48. The summed E-state index contributed by atoms with van der Waals surface area (Å²) in [5, 5.41) is 8.78. The molecule has 1 aromatic rings. The summed E-state index contributed by atoms with van der Waals surface area (Å²) in [6.45, 7) is 3.57. The standard InChI is InChI=1S/C13H18N2O3/c1-13(2,14)8-11(16)15(3)10-6-4-9(5-7-10)12(17)18/h4-7H,8,14H2,1-3H3,(H,17,18). The van der Waals surface area contributed by atoms with Gasteiger partial charge in [0, 0.05) is 24.7 Å². The number of carbonyl (C=O) groups excluding carboxylic acids is 1. The summed E-state index contributed by atoms with van der Waals surface area (Å²) in [5.74, 6) is -1.09. The van der Waals surface area contributed by atoms with Crippen molar-refractivity contribution in [1.82, 2.24) is 0 Å². The Morgan fingerprint density at radius 2 is 1.78 bits per heavy atom. The zero-order valence-corrected chi connectivity index (χ0v) is 10.8. The molecule has 0 spiro atoms. The second-order valence-corrected chi connectivity index (χ2v) is 4.97. The van der Waals surface area contributed by atoms with E-state index in [0.717, 1.165) is 0 Å². The number of amides is 1. The van der Waals surface area contributed by atoms with E-state index in [2.05, 4.69) is 0 Å². The van der Waals surface area contributed by atoms with Gasteiger partial charge in [-0.15, -0.1) is 0 Å². The molecule has 1 aromatic carbocycles. The minimum atomic E-state index is -0.987. The summed E-state index contributed by atoms with van der Waals surface area (Å²) in [7, 11) is 1.64. The third-order valence-corrected chi connectivity index (χ3v) is 2.48. The van der Waals surface area contributed by atoms with E-state index in [4.69, 9.17) is 10.8 Å². The van der Waals surface area contributed by atoms with E-state index < -0.39 is 11.5 Å². The van der Waals surface area contributed by atoms with E-state index in [-0.39, 0.29) is 17.9 Å². The first-order chi connectivity index (χ1) is 8.20. The highest BCUT2D eigenvalue weighted by Gasteiger charge is 2.20. The van der Waals surface area contributed by atoms with Crippen LogP contribution < -0.4 is 10.6 Å². The first kappa shape index (κ1) is 14.2. The summed E-state index contributed by atoms with van der Waals surface area (Å²) in [4.78, 5) is 24.1. The summed E-state index contributed by atoms with van der Waals surface area (Å²) in [6, 6.07) is 6.14. The number of hydrogen-bond acceptors (Lipinski definition) is 3. The first-order valence-corrected chi connectivity index (χ1v) is 5.59. The Hall–Kier alpha value is -1.88. The zero-order valence-electron chi connectivity index (χ0n) is 10.8. The normalized spacial score (nSPS) is 11.1. The molecule has 5 nitrogen and oxygen atoms in total. The highest BCUT2D eigenvalue weighted by atomic mass is 16.4. The van der Waals surface area contributed by atoms with Crippen molar-refractivity contribution in [1.29, 1.82) is 0 Å². The van der Waals surface area contributed by atoms with Gasteiger partial charge in [0.2, 0.25) is 5.91 Å². The van der Waals surface area contributed by atoms with Gasteiger partial charge in [-0.2, -0.15) is 0 Å². The van der Waals surface area contributed by atoms with Crippen LogP contribution in [0.5, 0.6) is 0 Å². The summed E-state index contributed by atoms with van der Waals surface area (Å²) < 4.78 is 0. The molecule has 5 heteroatoms. The van der Waals surface area contributed by atoms with Crippen LogP contribution in [0.15, 0.2) is 24.3 Å². The molecule has 0 radical (unpaired) electrons. The van der Waals surface area contributed by atoms with Crippen LogP contribution in [-0.2, 0) is 4.79 Å². The van der Waals surface area contributed by atoms with Crippen LogP contribution in [0.2, 0.25) is 0 Å². The average molecular weight is 250 g/mol. The van der Waals surface area contributed by atoms with Crippen LogP contribution in [0.4, 0.5) is 5.69 Å². The number of anilines is 1. The van der Waals surface area contributed by atoms with Crippen LogP contribution in [-0.4, -0.2) is 29.6 Å². The smallest absolute Gasteiger partial charge is 0.335 e. The number of aromatic carboxylic acids is 1. The lowest BCUT2D eigenvalue weighted by Gasteiger charge is -2.23. The van der Waals surface area contributed by atoms with Gasteiger partial charge < -0.3 is 15.7 Å². The molecule has 0 fully saturated rings. The third kappa shape index (κ3) is 3.85. The molecule has 0 bridgehead atoms. The predicted molar refractivity (Wildman–Crippen MR) is 69.7 cm³/mol. The molecular formula is C13H18N2O3. The molecule has 0 aliphatic carbocycles. The summed E-state index contributed by atoms with van der Waals surface area (Å²) in [6.07, 6.45) is 0.226. The highest BCUT2D eigenvalue weighted by Crippen LogP contribution is 2.16. The molecule has 0 aromatic heterocycles. The molecular weight excluding hydrogens is 232 g/mol. The lowest BCUT2D eigenvalue weighted by Crippen LogP contribution is -2.39. The Kier molecular flexibility index (Phi) is 4.08. The highest BCUT2D eigenvalue weighted by molar-refractivity contribution is 5.94. The molecule has 0 aliphatic rings.